The van der Waals surface area contributed by atoms with E-state index in [0.29, 0.717) is 25.9 Å². The summed E-state index contributed by atoms with van der Waals surface area (Å²) in [7, 11) is 1.66. The highest BCUT2D eigenvalue weighted by molar-refractivity contribution is 5.86. The summed E-state index contributed by atoms with van der Waals surface area (Å²) < 4.78 is 7.55. The number of carbonyl (C=O) groups excluding carboxylic acids is 1. The van der Waals surface area contributed by atoms with Crippen molar-refractivity contribution >= 4 is 17.4 Å². The van der Waals surface area contributed by atoms with Crippen molar-refractivity contribution in [2.45, 2.75) is 31.6 Å². The number of rotatable bonds is 5. The van der Waals surface area contributed by atoms with E-state index in [2.05, 4.69) is 10.5 Å². The van der Waals surface area contributed by atoms with Gasteiger partial charge in [0, 0.05) is 30.8 Å². The van der Waals surface area contributed by atoms with Gasteiger partial charge in [0.2, 0.25) is 5.91 Å². The quantitative estimate of drug-likeness (QED) is 0.661. The highest BCUT2D eigenvalue weighted by atomic mass is 16.5. The van der Waals surface area contributed by atoms with Crippen molar-refractivity contribution in [1.82, 2.24) is 14.3 Å². The van der Waals surface area contributed by atoms with Gasteiger partial charge in [-0.3, -0.25) is 9.59 Å². The molecule has 0 bridgehead atoms. The van der Waals surface area contributed by atoms with Crippen LogP contribution in [-0.2, 0) is 9.59 Å². The van der Waals surface area contributed by atoms with E-state index in [0.717, 1.165) is 41.2 Å². The largest absolute Gasteiger partial charge is 0.497 e. The number of ether oxygens (including phenoxy) is 1. The van der Waals surface area contributed by atoms with Gasteiger partial charge in [0.1, 0.15) is 11.6 Å². The fourth-order valence-electron chi connectivity index (χ4n) is 5.02. The lowest BCUT2D eigenvalue weighted by Gasteiger charge is -2.39. The van der Waals surface area contributed by atoms with Crippen molar-refractivity contribution in [2.75, 3.05) is 20.2 Å². The third-order valence-corrected chi connectivity index (χ3v) is 7.00. The maximum atomic E-state index is 12.8. The van der Waals surface area contributed by atoms with Crippen molar-refractivity contribution in [1.29, 1.82) is 0 Å². The number of fused-ring (bicyclic) bond motifs is 1. The summed E-state index contributed by atoms with van der Waals surface area (Å²) in [6.45, 7) is 1.28. The van der Waals surface area contributed by atoms with Crippen molar-refractivity contribution in [2.24, 2.45) is 11.8 Å². The van der Waals surface area contributed by atoms with Crippen LogP contribution in [0.1, 0.15) is 37.4 Å². The summed E-state index contributed by atoms with van der Waals surface area (Å²) >= 11 is 0. The number of aliphatic carboxylic acids is 1. The van der Waals surface area contributed by atoms with Gasteiger partial charge in [-0.2, -0.15) is 0 Å². The van der Waals surface area contributed by atoms with E-state index in [1.54, 1.807) is 7.11 Å². The molecule has 0 spiro atoms. The van der Waals surface area contributed by atoms with Gasteiger partial charge < -0.3 is 19.1 Å². The molecule has 3 heterocycles. The third-order valence-electron chi connectivity index (χ3n) is 7.00. The molecular weight excluding hydrogens is 406 g/mol. The van der Waals surface area contributed by atoms with Gasteiger partial charge >= 0.3 is 5.97 Å². The molecule has 2 aliphatic rings. The number of hydrogen-bond donors (Lipinski definition) is 1. The number of carboxylic acids is 1. The van der Waals surface area contributed by atoms with E-state index in [1.165, 1.54) is 0 Å². The summed E-state index contributed by atoms with van der Waals surface area (Å²) in [5.41, 5.74) is 2.99. The van der Waals surface area contributed by atoms with Crippen LogP contribution in [0.2, 0.25) is 0 Å². The van der Waals surface area contributed by atoms with Crippen LogP contribution in [-0.4, -0.2) is 51.5 Å². The molecule has 166 valence electrons. The maximum absolute atomic E-state index is 12.8. The second-order valence-corrected chi connectivity index (χ2v) is 8.73. The molecule has 1 aliphatic carbocycles. The number of hydrogen-bond acceptors (Lipinski definition) is 4. The summed E-state index contributed by atoms with van der Waals surface area (Å²) in [5, 5.41) is 9.28. The predicted octanol–water partition coefficient (Wildman–Crippen LogP) is 3.83. The van der Waals surface area contributed by atoms with Crippen LogP contribution in [0.25, 0.3) is 16.8 Å². The number of amides is 1. The Morgan fingerprint density at radius 2 is 1.81 bits per heavy atom. The van der Waals surface area contributed by atoms with Crippen LogP contribution in [0.3, 0.4) is 0 Å². The molecule has 2 fully saturated rings. The normalized spacial score (nSPS) is 21.3. The second kappa shape index (κ2) is 8.30. The van der Waals surface area contributed by atoms with Crippen molar-refractivity contribution in [3.05, 3.63) is 54.5 Å². The Kier molecular flexibility index (Phi) is 5.33. The van der Waals surface area contributed by atoms with Gasteiger partial charge in [0.05, 0.1) is 30.2 Å². The number of piperidine rings is 1. The topological polar surface area (TPSA) is 84.1 Å². The Morgan fingerprint density at radius 3 is 2.50 bits per heavy atom. The second-order valence-electron chi connectivity index (χ2n) is 8.73. The fraction of sp³-hybridized carbons (Fsp3) is 0.400. The molecule has 2 aromatic heterocycles. The van der Waals surface area contributed by atoms with Crippen LogP contribution >= 0.6 is 0 Å². The Morgan fingerprint density at radius 1 is 1.03 bits per heavy atom. The minimum absolute atomic E-state index is 0.00662. The highest BCUT2D eigenvalue weighted by Gasteiger charge is 2.43. The summed E-state index contributed by atoms with van der Waals surface area (Å²) in [4.78, 5) is 31.0. The zero-order valence-corrected chi connectivity index (χ0v) is 18.1. The first-order chi connectivity index (χ1) is 15.6. The Bertz CT molecular complexity index is 1160. The Balaban J connectivity index is 1.37. The van der Waals surface area contributed by atoms with Crippen molar-refractivity contribution in [3.63, 3.8) is 0 Å². The zero-order chi connectivity index (χ0) is 22.2. The molecule has 5 rings (SSSR count). The molecule has 1 N–H and O–H groups in total. The average molecular weight is 434 g/mol. The van der Waals surface area contributed by atoms with Gasteiger partial charge in [-0.1, -0.05) is 18.2 Å². The Labute approximate surface area is 186 Å². The number of carbonyl (C=O) groups is 2. The maximum Gasteiger partial charge on any atom is 0.307 e. The molecule has 32 heavy (non-hydrogen) atoms. The summed E-state index contributed by atoms with van der Waals surface area (Å²) in [6.07, 6.45) is 4.98. The number of benzene rings is 1. The first-order valence-corrected chi connectivity index (χ1v) is 11.2. The monoisotopic (exact) mass is 433 g/mol. The van der Waals surface area contributed by atoms with Crippen LogP contribution in [0.5, 0.6) is 5.75 Å². The average Bonchev–Trinajstić information content (AvgIpc) is 3.18. The molecule has 0 radical (unpaired) electrons. The standard InChI is InChI=1S/C25H27N3O4/c1-32-18-6-4-5-17(15-18)22-21-7-2-3-12-28(21)23(26-22)16-10-13-27(14-11-16)24(29)19-8-9-20(19)25(30)31/h2-7,12,15-16,19-20H,8-11,13-14H2,1H3,(H,30,31). The lowest BCUT2D eigenvalue weighted by atomic mass is 9.72. The molecule has 7 heteroatoms. The minimum atomic E-state index is -0.849. The number of methoxy groups -OCH3 is 1. The number of carboxylic acid groups (broad SMARTS) is 1. The number of nitrogens with zero attached hydrogens (tertiary/aromatic N) is 3. The predicted molar refractivity (Wildman–Crippen MR) is 120 cm³/mol. The van der Waals surface area contributed by atoms with E-state index in [4.69, 9.17) is 9.72 Å². The summed E-state index contributed by atoms with van der Waals surface area (Å²) in [6, 6.07) is 14.0. The van der Waals surface area contributed by atoms with E-state index in [-0.39, 0.29) is 17.7 Å². The molecule has 2 unspecified atom stereocenters. The van der Waals surface area contributed by atoms with Gasteiger partial charge in [-0.25, -0.2) is 4.98 Å². The third kappa shape index (κ3) is 3.51. The first kappa shape index (κ1) is 20.5. The number of imidazole rings is 1. The van der Waals surface area contributed by atoms with E-state index >= 15 is 0 Å². The van der Waals surface area contributed by atoms with E-state index in [9.17, 15) is 14.7 Å². The SMILES string of the molecule is COc1cccc(-c2nc(C3CCN(C(=O)C4CCC4C(=O)O)CC3)n3ccccc23)c1. The molecule has 1 amide bonds. The number of likely N-dealkylation sites (tertiary alicyclic amines) is 1. The molecule has 1 aromatic carbocycles. The molecule has 1 aliphatic heterocycles. The molecule has 7 nitrogen and oxygen atoms in total. The van der Waals surface area contributed by atoms with Crippen LogP contribution in [0.4, 0.5) is 0 Å². The minimum Gasteiger partial charge on any atom is -0.497 e. The molecule has 1 saturated carbocycles. The van der Waals surface area contributed by atoms with E-state index in [1.807, 2.05) is 47.5 Å². The first-order valence-electron chi connectivity index (χ1n) is 11.2. The van der Waals surface area contributed by atoms with Crippen LogP contribution in [0, 0.1) is 11.8 Å². The molecule has 1 saturated heterocycles. The summed E-state index contributed by atoms with van der Waals surface area (Å²) in [5.74, 6) is 0.342. The molecule has 2 atom stereocenters. The lowest BCUT2D eigenvalue weighted by molar-refractivity contribution is -0.157. The van der Waals surface area contributed by atoms with Crippen LogP contribution < -0.4 is 4.74 Å². The number of pyridine rings is 1. The molecule has 3 aromatic rings. The van der Waals surface area contributed by atoms with Gasteiger partial charge in [-0.15, -0.1) is 0 Å². The lowest BCUT2D eigenvalue weighted by Crippen LogP contribution is -2.48. The number of aromatic nitrogens is 2. The van der Waals surface area contributed by atoms with E-state index < -0.39 is 11.9 Å². The van der Waals surface area contributed by atoms with Gasteiger partial charge in [-0.05, 0) is 49.9 Å². The van der Waals surface area contributed by atoms with Gasteiger partial charge in [0.25, 0.3) is 0 Å². The smallest absolute Gasteiger partial charge is 0.307 e. The Hall–Kier alpha value is -3.35. The van der Waals surface area contributed by atoms with Crippen LogP contribution in [0.15, 0.2) is 48.7 Å². The fourth-order valence-corrected chi connectivity index (χ4v) is 5.02. The van der Waals surface area contributed by atoms with Crippen molar-refractivity contribution in [3.8, 4) is 17.0 Å². The van der Waals surface area contributed by atoms with Gasteiger partial charge in [0.15, 0.2) is 0 Å². The molecular formula is C25H27N3O4. The zero-order valence-electron chi connectivity index (χ0n) is 18.1. The highest BCUT2D eigenvalue weighted by Crippen LogP contribution is 2.38. The van der Waals surface area contributed by atoms with Crippen molar-refractivity contribution < 1.29 is 19.4 Å².